The average Bonchev–Trinajstić information content (AvgIpc) is 3.56. The Hall–Kier alpha value is -1.89. The maximum Gasteiger partial charge on any atom is 0.410 e. The molecule has 0 aromatic heterocycles. The Bertz CT molecular complexity index is 1340. The van der Waals surface area contributed by atoms with Crippen LogP contribution in [0.5, 0.6) is 0 Å². The van der Waals surface area contributed by atoms with E-state index in [2.05, 4.69) is 53.8 Å². The molecule has 4 saturated carbocycles. The molecule has 5 fully saturated rings. The van der Waals surface area contributed by atoms with Crippen molar-refractivity contribution in [3.63, 3.8) is 0 Å². The third kappa shape index (κ3) is 5.08. The van der Waals surface area contributed by atoms with Crippen molar-refractivity contribution < 1.29 is 24.2 Å². The van der Waals surface area contributed by atoms with E-state index in [1.165, 1.54) is 5.57 Å². The van der Waals surface area contributed by atoms with Crippen LogP contribution in [0.4, 0.5) is 4.79 Å². The minimum Gasteiger partial charge on any atom is -0.444 e. The molecule has 7 heteroatoms. The smallest absolute Gasteiger partial charge is 0.410 e. The number of Topliss-reactive ketones (excluding diaryl/α,β-unsaturated/α-hetero) is 1. The van der Waals surface area contributed by atoms with Gasteiger partial charge in [-0.2, -0.15) is 0 Å². The van der Waals surface area contributed by atoms with E-state index >= 15 is 0 Å². The molecule has 2 amide bonds. The highest BCUT2D eigenvalue weighted by Crippen LogP contribution is 2.76. The molecule has 6 rings (SSSR count). The number of carbonyl (C=O) groups is 3. The third-order valence-electron chi connectivity index (χ3n) is 15.3. The molecule has 1 heterocycles. The molecule has 3 unspecified atom stereocenters. The van der Waals surface area contributed by atoms with Crippen molar-refractivity contribution in [2.24, 2.45) is 50.7 Å². The van der Waals surface area contributed by atoms with Gasteiger partial charge in [-0.15, -0.1) is 0 Å². The lowest BCUT2D eigenvalue weighted by molar-refractivity contribution is -0.228. The van der Waals surface area contributed by atoms with Gasteiger partial charge in [0.05, 0.1) is 17.6 Å². The predicted octanol–water partition coefficient (Wildman–Crippen LogP) is 7.84. The first-order chi connectivity index (χ1) is 21.7. The standard InChI is InChI=1S/C40H64N2O5/c1-24(2)31-27(43)22-40(33(45)41-23-25-12-11-21-42(25)34(46)47-35(3,4)5)20-19-38(9)26(32(31)40)13-14-29-37(8)17-16-30(44)36(6,7)28(37)15-18-39(29,38)10/h24-26,28-30,44H,11-23H2,1-10H3,(H,41,45)/t25-,26?,28?,29?,30-,37-,38+,39+,40+/m0/s1. The molecular weight excluding hydrogens is 588 g/mol. The maximum absolute atomic E-state index is 14.6. The second-order valence-corrected chi connectivity index (χ2v) is 19.3. The molecule has 47 heavy (non-hydrogen) atoms. The first-order valence-electron chi connectivity index (χ1n) is 19.0. The van der Waals surface area contributed by atoms with Crippen LogP contribution < -0.4 is 5.32 Å². The Morgan fingerprint density at radius 1 is 0.936 bits per heavy atom. The lowest BCUT2D eigenvalue weighted by Crippen LogP contribution is -2.66. The summed E-state index contributed by atoms with van der Waals surface area (Å²) in [5.41, 5.74) is 0.916. The van der Waals surface area contributed by atoms with E-state index in [0.29, 0.717) is 31.3 Å². The van der Waals surface area contributed by atoms with Gasteiger partial charge in [-0.25, -0.2) is 4.79 Å². The molecule has 0 bridgehead atoms. The topological polar surface area (TPSA) is 95.9 Å². The fraction of sp³-hybridized carbons (Fsp3) is 0.875. The second kappa shape index (κ2) is 11.3. The molecule has 5 aliphatic carbocycles. The van der Waals surface area contributed by atoms with Crippen LogP contribution in [-0.2, 0) is 14.3 Å². The summed E-state index contributed by atoms with van der Waals surface area (Å²) in [5, 5.41) is 14.4. The largest absolute Gasteiger partial charge is 0.444 e. The van der Waals surface area contributed by atoms with Crippen LogP contribution in [0.3, 0.4) is 0 Å². The molecule has 6 aliphatic rings. The summed E-state index contributed by atoms with van der Waals surface area (Å²) >= 11 is 0. The van der Waals surface area contributed by atoms with Gasteiger partial charge in [0.1, 0.15) is 5.60 Å². The van der Waals surface area contributed by atoms with Gasteiger partial charge in [0.15, 0.2) is 5.78 Å². The number of fused-ring (bicyclic) bond motifs is 7. The van der Waals surface area contributed by atoms with Crippen LogP contribution in [0, 0.1) is 50.7 Å². The van der Waals surface area contributed by atoms with Crippen molar-refractivity contribution in [3.8, 4) is 0 Å². The molecule has 1 aliphatic heterocycles. The number of amides is 2. The molecule has 0 aromatic rings. The van der Waals surface area contributed by atoms with Gasteiger partial charge in [0.25, 0.3) is 0 Å². The van der Waals surface area contributed by atoms with Crippen molar-refractivity contribution in [2.75, 3.05) is 13.1 Å². The number of hydrogen-bond donors (Lipinski definition) is 2. The van der Waals surface area contributed by atoms with Crippen molar-refractivity contribution in [1.82, 2.24) is 10.2 Å². The molecule has 0 aromatic carbocycles. The predicted molar refractivity (Wildman–Crippen MR) is 184 cm³/mol. The van der Waals surface area contributed by atoms with Crippen molar-refractivity contribution in [1.29, 1.82) is 0 Å². The van der Waals surface area contributed by atoms with E-state index in [-0.39, 0.29) is 69.8 Å². The number of allylic oxidation sites excluding steroid dienone is 1. The molecule has 7 nitrogen and oxygen atoms in total. The molecule has 1 saturated heterocycles. The molecular formula is C40H64N2O5. The lowest BCUT2D eigenvalue weighted by atomic mass is 9.33. The number of aliphatic hydroxyl groups is 1. The summed E-state index contributed by atoms with van der Waals surface area (Å²) in [5.74, 6) is 1.49. The SMILES string of the molecule is CC(C)C1=C2C3CCC4[C@@]5(C)CC[C@H](O)C(C)(C)C5CC[C@@]4(C)[C@]3(C)CC[C@@]2(C(=O)NC[C@@H]2CCCN2C(=O)OC(C)(C)C)CC1=O. The van der Waals surface area contributed by atoms with E-state index in [1.807, 2.05) is 20.8 Å². The number of rotatable bonds is 4. The number of carbonyl (C=O) groups excluding carboxylic acids is 3. The number of ether oxygens (including phenoxy) is 1. The zero-order chi connectivity index (χ0) is 34.5. The van der Waals surface area contributed by atoms with Crippen LogP contribution >= 0.6 is 0 Å². The highest BCUT2D eigenvalue weighted by Gasteiger charge is 2.70. The quantitative estimate of drug-likeness (QED) is 0.323. The van der Waals surface area contributed by atoms with Crippen LogP contribution in [-0.4, -0.2) is 58.6 Å². The van der Waals surface area contributed by atoms with E-state index in [1.54, 1.807) is 4.90 Å². The Balaban J connectivity index is 1.30. The first-order valence-corrected chi connectivity index (χ1v) is 19.0. The molecule has 9 atom stereocenters. The van der Waals surface area contributed by atoms with E-state index in [9.17, 15) is 19.5 Å². The highest BCUT2D eigenvalue weighted by atomic mass is 16.6. The van der Waals surface area contributed by atoms with Gasteiger partial charge >= 0.3 is 6.09 Å². The molecule has 2 N–H and O–H groups in total. The van der Waals surface area contributed by atoms with Gasteiger partial charge in [-0.3, -0.25) is 9.59 Å². The Kier molecular flexibility index (Phi) is 8.42. The second-order valence-electron chi connectivity index (χ2n) is 19.3. The number of hydrogen-bond acceptors (Lipinski definition) is 5. The Morgan fingerprint density at radius 2 is 1.64 bits per heavy atom. The number of ketones is 1. The lowest BCUT2D eigenvalue weighted by Gasteiger charge is -2.72. The van der Waals surface area contributed by atoms with E-state index in [0.717, 1.165) is 63.4 Å². The molecule has 0 spiro atoms. The summed E-state index contributed by atoms with van der Waals surface area (Å²) in [6, 6.07) is -0.100. The summed E-state index contributed by atoms with van der Waals surface area (Å²) in [7, 11) is 0. The van der Waals surface area contributed by atoms with Crippen LogP contribution in [0.1, 0.15) is 140 Å². The van der Waals surface area contributed by atoms with E-state index in [4.69, 9.17) is 4.74 Å². The summed E-state index contributed by atoms with van der Waals surface area (Å²) < 4.78 is 5.69. The Morgan fingerprint density at radius 3 is 2.30 bits per heavy atom. The van der Waals surface area contributed by atoms with Gasteiger partial charge in [-0.05, 0) is 141 Å². The number of nitrogens with one attached hydrogen (secondary N) is 1. The van der Waals surface area contributed by atoms with Gasteiger partial charge in [0.2, 0.25) is 5.91 Å². The first kappa shape index (κ1) is 35.0. The minimum atomic E-state index is -0.794. The summed E-state index contributed by atoms with van der Waals surface area (Å²) in [4.78, 5) is 43.3. The van der Waals surface area contributed by atoms with Gasteiger partial charge in [0, 0.05) is 19.5 Å². The summed E-state index contributed by atoms with van der Waals surface area (Å²) in [6.45, 7) is 23.1. The fourth-order valence-electron chi connectivity index (χ4n) is 12.9. The Labute approximate surface area is 284 Å². The minimum absolute atomic E-state index is 0.00700. The van der Waals surface area contributed by atoms with Crippen LogP contribution in [0.2, 0.25) is 0 Å². The molecule has 264 valence electrons. The fourth-order valence-corrected chi connectivity index (χ4v) is 12.9. The zero-order valence-corrected chi connectivity index (χ0v) is 31.2. The van der Waals surface area contributed by atoms with Gasteiger partial charge < -0.3 is 20.1 Å². The number of nitrogens with zero attached hydrogens (tertiary/aromatic N) is 1. The highest BCUT2D eigenvalue weighted by molar-refractivity contribution is 6.07. The number of likely N-dealkylation sites (tertiary alicyclic amines) is 1. The monoisotopic (exact) mass is 652 g/mol. The maximum atomic E-state index is 14.6. The third-order valence-corrected chi connectivity index (χ3v) is 15.3. The summed E-state index contributed by atoms with van der Waals surface area (Å²) in [6.07, 6.45) is 9.45. The van der Waals surface area contributed by atoms with E-state index < -0.39 is 11.0 Å². The van der Waals surface area contributed by atoms with Gasteiger partial charge in [-0.1, -0.05) is 48.5 Å². The number of aliphatic hydroxyl groups excluding tert-OH is 1. The van der Waals surface area contributed by atoms with Crippen LogP contribution in [0.25, 0.3) is 0 Å². The zero-order valence-electron chi connectivity index (χ0n) is 31.2. The van der Waals surface area contributed by atoms with Crippen molar-refractivity contribution in [3.05, 3.63) is 11.1 Å². The van der Waals surface area contributed by atoms with Crippen molar-refractivity contribution >= 4 is 17.8 Å². The average molecular weight is 653 g/mol. The normalized spacial score (nSPS) is 42.9. The van der Waals surface area contributed by atoms with Crippen LogP contribution in [0.15, 0.2) is 11.1 Å². The molecule has 0 radical (unpaired) electrons. The van der Waals surface area contributed by atoms with Crippen molar-refractivity contribution in [2.45, 2.75) is 158 Å².